The number of carbonyl (C=O) groups excluding carboxylic acids is 1. The highest BCUT2D eigenvalue weighted by atomic mass is 32.2. The van der Waals surface area contributed by atoms with Gasteiger partial charge in [0.2, 0.25) is 12.7 Å². The normalized spacial score (nSPS) is 15.6. The van der Waals surface area contributed by atoms with Crippen molar-refractivity contribution in [3.8, 4) is 5.69 Å². The summed E-state index contributed by atoms with van der Waals surface area (Å²) in [6.07, 6.45) is 3.67. The molecule has 3 aromatic carbocycles. The van der Waals surface area contributed by atoms with E-state index in [0.717, 1.165) is 48.2 Å². The van der Waals surface area contributed by atoms with Gasteiger partial charge >= 0.3 is 0 Å². The predicted molar refractivity (Wildman–Crippen MR) is 193 cm³/mol. The number of ether oxygens (including phenoxy) is 2. The third kappa shape index (κ3) is 7.49. The van der Waals surface area contributed by atoms with Crippen LogP contribution in [0.15, 0.2) is 113 Å². The van der Waals surface area contributed by atoms with Crippen LogP contribution in [0.25, 0.3) is 16.7 Å². The van der Waals surface area contributed by atoms with Gasteiger partial charge in [-0.3, -0.25) is 19.1 Å². The number of fused-ring (bicyclic) bond motifs is 1. The number of rotatable bonds is 10. The molecule has 2 aliphatic heterocycles. The monoisotopic (exact) mass is 706 g/mol. The van der Waals surface area contributed by atoms with Crippen LogP contribution in [0.2, 0.25) is 0 Å². The van der Waals surface area contributed by atoms with Crippen LogP contribution in [0.5, 0.6) is 0 Å². The van der Waals surface area contributed by atoms with Crippen LogP contribution in [0.4, 0.5) is 5.95 Å². The number of piperazine rings is 1. The lowest BCUT2D eigenvalue weighted by molar-refractivity contribution is 0.0579. The van der Waals surface area contributed by atoms with Crippen LogP contribution < -0.4 is 15.8 Å². The number of anilines is 1. The van der Waals surface area contributed by atoms with Crippen LogP contribution >= 0.6 is 0 Å². The van der Waals surface area contributed by atoms with E-state index >= 15 is 0 Å². The number of nitrogens with zero attached hydrogens (tertiary/aromatic N) is 5. The summed E-state index contributed by atoms with van der Waals surface area (Å²) < 4.78 is 36.3. The number of aryl methyl sites for hydroxylation is 1. The van der Waals surface area contributed by atoms with Crippen molar-refractivity contribution in [3.63, 3.8) is 0 Å². The fraction of sp³-hybridized carbons (Fsp3) is 0.263. The maximum Gasteiger partial charge on any atom is 0.256 e. The zero-order chi connectivity index (χ0) is 35.5. The molecule has 4 heterocycles. The smallest absolute Gasteiger partial charge is 0.256 e. The van der Waals surface area contributed by atoms with Crippen LogP contribution in [-0.2, 0) is 32.3 Å². The first kappa shape index (κ1) is 33.9. The Labute approximate surface area is 295 Å². The van der Waals surface area contributed by atoms with E-state index in [1.807, 2.05) is 25.1 Å². The minimum absolute atomic E-state index is 0.0417. The highest BCUT2D eigenvalue weighted by Gasteiger charge is 2.31. The largest absolute Gasteiger partial charge is 0.462 e. The zero-order valence-electron chi connectivity index (χ0n) is 28.4. The molecule has 0 spiro atoms. The van der Waals surface area contributed by atoms with Crippen molar-refractivity contribution in [2.24, 2.45) is 0 Å². The molecule has 1 amide bonds. The Morgan fingerprint density at radius 3 is 2.27 bits per heavy atom. The topological polar surface area (TPSA) is 136 Å². The number of benzene rings is 3. The lowest BCUT2D eigenvalue weighted by Gasteiger charge is -2.39. The second-order valence-electron chi connectivity index (χ2n) is 12.7. The molecule has 5 aromatic rings. The van der Waals surface area contributed by atoms with Gasteiger partial charge < -0.3 is 19.7 Å². The molecule has 2 aromatic heterocycles. The SMILES string of the molecule is Cc1nc(N2CCN(C(Cc3ccccc3)C3=COCO3)CC2)nc2c1ccc(=O)n2-c1ccc(C(=O)NCc2ccc(S(C)(=O)=O)cc2)cc1. The van der Waals surface area contributed by atoms with Crippen molar-refractivity contribution in [2.45, 2.75) is 30.8 Å². The summed E-state index contributed by atoms with van der Waals surface area (Å²) in [6, 6.07) is 26.8. The molecule has 1 N–H and O–H groups in total. The molecule has 7 rings (SSSR count). The van der Waals surface area contributed by atoms with Gasteiger partial charge in [0.25, 0.3) is 11.5 Å². The van der Waals surface area contributed by atoms with E-state index in [1.165, 1.54) is 23.8 Å². The van der Waals surface area contributed by atoms with Crippen molar-refractivity contribution in [3.05, 3.63) is 136 Å². The Kier molecular flexibility index (Phi) is 9.56. The molecule has 1 unspecified atom stereocenters. The molecule has 0 radical (unpaired) electrons. The van der Waals surface area contributed by atoms with E-state index in [9.17, 15) is 18.0 Å². The van der Waals surface area contributed by atoms with Gasteiger partial charge in [0.1, 0.15) is 6.26 Å². The van der Waals surface area contributed by atoms with Crippen LogP contribution in [0.3, 0.4) is 0 Å². The second kappa shape index (κ2) is 14.4. The Morgan fingerprint density at radius 1 is 0.882 bits per heavy atom. The average Bonchev–Trinajstić information content (AvgIpc) is 3.68. The van der Waals surface area contributed by atoms with Gasteiger partial charge in [-0.2, -0.15) is 4.98 Å². The number of aromatic nitrogens is 3. The highest BCUT2D eigenvalue weighted by Crippen LogP contribution is 2.25. The number of hydrogen-bond donors (Lipinski definition) is 1. The molecule has 262 valence electrons. The fourth-order valence-electron chi connectivity index (χ4n) is 6.45. The molecule has 2 aliphatic rings. The highest BCUT2D eigenvalue weighted by molar-refractivity contribution is 7.90. The summed E-state index contributed by atoms with van der Waals surface area (Å²) in [7, 11) is -3.30. The quantitative estimate of drug-likeness (QED) is 0.227. The van der Waals surface area contributed by atoms with Gasteiger partial charge in [0.05, 0.1) is 22.3 Å². The Hall–Kier alpha value is -5.53. The first-order chi connectivity index (χ1) is 24.6. The summed E-state index contributed by atoms with van der Waals surface area (Å²) in [6.45, 7) is 5.27. The minimum Gasteiger partial charge on any atom is -0.462 e. The molecule has 1 fully saturated rings. The van der Waals surface area contributed by atoms with Crippen molar-refractivity contribution in [1.82, 2.24) is 24.8 Å². The van der Waals surface area contributed by atoms with Crippen LogP contribution in [0, 0.1) is 6.92 Å². The van der Waals surface area contributed by atoms with Gasteiger partial charge in [-0.05, 0) is 66.9 Å². The molecule has 13 heteroatoms. The van der Waals surface area contributed by atoms with Crippen molar-refractivity contribution >= 4 is 32.7 Å². The van der Waals surface area contributed by atoms with Gasteiger partial charge in [0.15, 0.2) is 21.2 Å². The standard InChI is InChI=1S/C38H38N6O6S/c1-26-32-16-17-35(45)44(30-12-10-29(11-13-30)37(46)39-23-28-8-14-31(15-9-28)51(2,47)48)36(32)41-38(40-26)43-20-18-42(19-21-43)33(34-24-49-25-50-34)22-27-6-4-3-5-7-27/h3-17,24,33H,18-23,25H2,1-2H3,(H,39,46). The van der Waals surface area contributed by atoms with E-state index < -0.39 is 9.84 Å². The van der Waals surface area contributed by atoms with E-state index in [-0.39, 0.29) is 35.7 Å². The maximum atomic E-state index is 13.3. The summed E-state index contributed by atoms with van der Waals surface area (Å²) in [5.74, 6) is 1.09. The molecule has 1 saturated heterocycles. The second-order valence-corrected chi connectivity index (χ2v) is 14.7. The van der Waals surface area contributed by atoms with E-state index in [4.69, 9.17) is 19.4 Å². The number of amides is 1. The molecule has 51 heavy (non-hydrogen) atoms. The third-order valence-electron chi connectivity index (χ3n) is 9.25. The van der Waals surface area contributed by atoms with E-state index in [1.54, 1.807) is 53.3 Å². The van der Waals surface area contributed by atoms with Crippen molar-refractivity contribution in [2.75, 3.05) is 44.1 Å². The predicted octanol–water partition coefficient (Wildman–Crippen LogP) is 4.00. The average molecular weight is 707 g/mol. The molecular formula is C38H38N6O6S. The number of hydrogen-bond acceptors (Lipinski definition) is 10. The number of carbonyl (C=O) groups is 1. The Bertz CT molecular complexity index is 2250. The number of sulfone groups is 1. The summed E-state index contributed by atoms with van der Waals surface area (Å²) >= 11 is 0. The molecule has 1 atom stereocenters. The fourth-order valence-corrected chi connectivity index (χ4v) is 7.08. The first-order valence-electron chi connectivity index (χ1n) is 16.7. The Morgan fingerprint density at radius 2 is 1.61 bits per heavy atom. The lowest BCUT2D eigenvalue weighted by atomic mass is 10.0. The summed E-state index contributed by atoms with van der Waals surface area (Å²) in [4.78, 5) is 40.8. The Balaban J connectivity index is 1.07. The van der Waals surface area contributed by atoms with Crippen molar-refractivity contribution in [1.29, 1.82) is 0 Å². The number of nitrogens with one attached hydrogen (secondary N) is 1. The van der Waals surface area contributed by atoms with E-state index in [2.05, 4.69) is 27.2 Å². The summed E-state index contributed by atoms with van der Waals surface area (Å²) in [5, 5.41) is 3.62. The molecule has 0 aliphatic carbocycles. The zero-order valence-corrected chi connectivity index (χ0v) is 29.2. The maximum absolute atomic E-state index is 13.3. The van der Waals surface area contributed by atoms with Gasteiger partial charge in [0, 0.05) is 56.0 Å². The summed E-state index contributed by atoms with van der Waals surface area (Å²) in [5.41, 5.74) is 3.98. The number of pyridine rings is 1. The minimum atomic E-state index is -3.30. The van der Waals surface area contributed by atoms with Crippen molar-refractivity contribution < 1.29 is 22.7 Å². The molecule has 12 nitrogen and oxygen atoms in total. The third-order valence-corrected chi connectivity index (χ3v) is 10.4. The molecular weight excluding hydrogens is 669 g/mol. The molecule has 0 bridgehead atoms. The van der Waals surface area contributed by atoms with Gasteiger partial charge in [-0.15, -0.1) is 0 Å². The molecule has 0 saturated carbocycles. The van der Waals surface area contributed by atoms with Gasteiger partial charge in [-0.1, -0.05) is 42.5 Å². The van der Waals surface area contributed by atoms with Crippen LogP contribution in [-0.4, -0.2) is 79.0 Å². The van der Waals surface area contributed by atoms with E-state index in [0.29, 0.717) is 35.9 Å². The lowest BCUT2D eigenvalue weighted by Crippen LogP contribution is -2.52. The first-order valence-corrected chi connectivity index (χ1v) is 18.6. The van der Waals surface area contributed by atoms with Crippen LogP contribution in [0.1, 0.15) is 27.2 Å². The van der Waals surface area contributed by atoms with Gasteiger partial charge in [-0.25, -0.2) is 13.4 Å².